The van der Waals surface area contributed by atoms with Gasteiger partial charge in [0.15, 0.2) is 17.5 Å². The molecule has 0 radical (unpaired) electrons. The first kappa shape index (κ1) is 39.3. The molecule has 0 unspecified atom stereocenters. The largest absolute Gasteiger partial charge is 0.208 e. The van der Waals surface area contributed by atoms with E-state index in [-0.39, 0.29) is 0 Å². The maximum Gasteiger partial charge on any atom is 0.164 e. The molecule has 68 heavy (non-hydrogen) atoms. The molecule has 1 heterocycles. The van der Waals surface area contributed by atoms with Crippen molar-refractivity contribution < 1.29 is 0 Å². The Labute approximate surface area is 395 Å². The first-order valence-electron chi connectivity index (χ1n) is 23.2. The summed E-state index contributed by atoms with van der Waals surface area (Å²) >= 11 is 0. The van der Waals surface area contributed by atoms with Crippen molar-refractivity contribution in [3.05, 3.63) is 249 Å². The molecule has 316 valence electrons. The van der Waals surface area contributed by atoms with Gasteiger partial charge in [-0.1, -0.05) is 243 Å². The Morgan fingerprint density at radius 3 is 1.21 bits per heavy atom. The van der Waals surface area contributed by atoms with E-state index in [2.05, 4.69) is 224 Å². The average Bonchev–Trinajstić information content (AvgIpc) is 3.75. The zero-order valence-electron chi connectivity index (χ0n) is 37.0. The second kappa shape index (κ2) is 16.4. The van der Waals surface area contributed by atoms with Crippen molar-refractivity contribution in [2.45, 2.75) is 0 Å². The van der Waals surface area contributed by atoms with Crippen LogP contribution < -0.4 is 0 Å². The first-order valence-corrected chi connectivity index (χ1v) is 23.2. The van der Waals surface area contributed by atoms with Crippen LogP contribution in [0.2, 0.25) is 0 Å². The Bertz CT molecular complexity index is 3870. The Hall–Kier alpha value is -9.05. The van der Waals surface area contributed by atoms with Crippen LogP contribution in [0, 0.1) is 0 Å². The molecule has 0 saturated heterocycles. The van der Waals surface area contributed by atoms with Crippen LogP contribution >= 0.6 is 0 Å². The van der Waals surface area contributed by atoms with Crippen molar-refractivity contribution >= 4 is 21.5 Å². The zero-order chi connectivity index (χ0) is 45.0. The fourth-order valence-corrected chi connectivity index (χ4v) is 10.3. The van der Waals surface area contributed by atoms with E-state index in [9.17, 15) is 0 Å². The number of hydrogen-bond donors (Lipinski definition) is 0. The molecule has 0 spiro atoms. The van der Waals surface area contributed by atoms with E-state index in [1.165, 1.54) is 77.4 Å². The second-order valence-corrected chi connectivity index (χ2v) is 17.5. The molecule has 1 aliphatic rings. The van der Waals surface area contributed by atoms with E-state index < -0.39 is 0 Å². The smallest absolute Gasteiger partial charge is 0.164 e. The van der Waals surface area contributed by atoms with Gasteiger partial charge in [-0.3, -0.25) is 0 Å². The van der Waals surface area contributed by atoms with Crippen LogP contribution in [0.1, 0.15) is 0 Å². The van der Waals surface area contributed by atoms with Crippen molar-refractivity contribution in [2.75, 3.05) is 0 Å². The Balaban J connectivity index is 0.872. The van der Waals surface area contributed by atoms with Crippen LogP contribution in [0.25, 0.3) is 134 Å². The molecule has 0 saturated carbocycles. The lowest BCUT2D eigenvalue weighted by molar-refractivity contribution is 1.07. The molecule has 3 heteroatoms. The Morgan fingerprint density at radius 2 is 0.574 bits per heavy atom. The minimum Gasteiger partial charge on any atom is -0.208 e. The highest BCUT2D eigenvalue weighted by atomic mass is 15.0. The topological polar surface area (TPSA) is 38.7 Å². The number of hydrogen-bond acceptors (Lipinski definition) is 3. The summed E-state index contributed by atoms with van der Waals surface area (Å²) in [6.07, 6.45) is 0. The van der Waals surface area contributed by atoms with Gasteiger partial charge in [0.05, 0.1) is 0 Å². The fourth-order valence-electron chi connectivity index (χ4n) is 10.3. The van der Waals surface area contributed by atoms with E-state index >= 15 is 0 Å². The number of fused-ring (bicyclic) bond motifs is 4. The highest BCUT2D eigenvalue weighted by Crippen LogP contribution is 2.48. The van der Waals surface area contributed by atoms with E-state index in [1.54, 1.807) is 0 Å². The third kappa shape index (κ3) is 6.80. The van der Waals surface area contributed by atoms with E-state index in [1.807, 2.05) is 24.3 Å². The van der Waals surface area contributed by atoms with Gasteiger partial charge in [0.2, 0.25) is 0 Å². The highest BCUT2D eigenvalue weighted by Gasteiger charge is 2.22. The maximum atomic E-state index is 5.21. The predicted molar refractivity (Wildman–Crippen MR) is 283 cm³/mol. The van der Waals surface area contributed by atoms with E-state index in [4.69, 9.17) is 15.0 Å². The Morgan fingerprint density at radius 1 is 0.191 bits per heavy atom. The summed E-state index contributed by atoms with van der Waals surface area (Å²) in [5.74, 6) is 1.89. The summed E-state index contributed by atoms with van der Waals surface area (Å²) in [6.45, 7) is 0. The molecule has 0 aliphatic heterocycles. The zero-order valence-corrected chi connectivity index (χ0v) is 37.0. The van der Waals surface area contributed by atoms with Gasteiger partial charge in [0, 0.05) is 16.7 Å². The summed E-state index contributed by atoms with van der Waals surface area (Å²) in [7, 11) is 0. The molecule has 0 fully saturated rings. The third-order valence-electron chi connectivity index (χ3n) is 13.5. The number of nitrogens with zero attached hydrogens (tertiary/aromatic N) is 3. The molecule has 3 nitrogen and oxygen atoms in total. The Kier molecular flexibility index (Phi) is 9.50. The summed E-state index contributed by atoms with van der Waals surface area (Å²) in [5.41, 5.74) is 19.7. The summed E-state index contributed by atoms with van der Waals surface area (Å²) in [5, 5.41) is 4.99. The van der Waals surface area contributed by atoms with Crippen molar-refractivity contribution in [2.24, 2.45) is 0 Å². The lowest BCUT2D eigenvalue weighted by Crippen LogP contribution is -2.01. The normalized spacial score (nSPS) is 11.5. The minimum absolute atomic E-state index is 0.626. The van der Waals surface area contributed by atoms with E-state index in [0.29, 0.717) is 17.5 Å². The summed E-state index contributed by atoms with van der Waals surface area (Å²) in [6, 6.07) is 89.0. The molecule has 11 aromatic carbocycles. The SMILES string of the molecule is c1ccc(-c2ccc(-c3nc(-c4ccccc4)nc(-c4ccccc4-c4cccc5c(-c6ccccc6-c6ccc(-c7ccc8c(c7)-c7cccc9cccc-8c79)cc6)cccc45)n3)cc2)cc1. The molecule has 1 aromatic heterocycles. The van der Waals surface area contributed by atoms with Crippen molar-refractivity contribution in [1.82, 2.24) is 15.0 Å². The van der Waals surface area contributed by atoms with Gasteiger partial charge in [-0.25, -0.2) is 15.0 Å². The lowest BCUT2D eigenvalue weighted by Gasteiger charge is -2.16. The predicted octanol–water partition coefficient (Wildman–Crippen LogP) is 17.2. The quantitative estimate of drug-likeness (QED) is 0.153. The monoisotopic (exact) mass is 863 g/mol. The number of aromatic nitrogens is 3. The van der Waals surface area contributed by atoms with Gasteiger partial charge in [0.1, 0.15) is 0 Å². The van der Waals surface area contributed by atoms with Crippen LogP contribution in [0.15, 0.2) is 249 Å². The van der Waals surface area contributed by atoms with Crippen LogP contribution in [-0.2, 0) is 0 Å². The minimum atomic E-state index is 0.626. The van der Waals surface area contributed by atoms with Gasteiger partial charge in [-0.2, -0.15) is 0 Å². The van der Waals surface area contributed by atoms with Gasteiger partial charge < -0.3 is 0 Å². The molecular formula is C65H41N3. The molecule has 0 atom stereocenters. The fraction of sp³-hybridized carbons (Fsp3) is 0. The molecule has 0 bridgehead atoms. The second-order valence-electron chi connectivity index (χ2n) is 17.5. The average molecular weight is 864 g/mol. The number of benzene rings is 11. The van der Waals surface area contributed by atoms with Crippen LogP contribution in [-0.4, -0.2) is 15.0 Å². The van der Waals surface area contributed by atoms with Crippen molar-refractivity contribution in [3.8, 4) is 112 Å². The standard InChI is InChI=1S/C65H41N3/c1-3-15-42(16-4-1)43-33-37-48(38-34-43)64-66-63(47-17-5-2-6-18-47)67-65(68-64)60-24-10-9-23-56(60)55-28-14-26-53-52(25-13-27-54(53)55)51-22-8-7-21-50(51)45-35-31-44(32-36-45)49-39-40-57-58-29-11-19-46-20-12-30-59(62(46)58)61(57)41-49/h1-41H. The van der Waals surface area contributed by atoms with Gasteiger partial charge >= 0.3 is 0 Å². The van der Waals surface area contributed by atoms with Crippen molar-refractivity contribution in [1.29, 1.82) is 0 Å². The molecular weight excluding hydrogens is 823 g/mol. The highest BCUT2D eigenvalue weighted by molar-refractivity contribution is 6.15. The van der Waals surface area contributed by atoms with Crippen LogP contribution in [0.5, 0.6) is 0 Å². The molecule has 0 amide bonds. The lowest BCUT2D eigenvalue weighted by atomic mass is 9.88. The van der Waals surface area contributed by atoms with Crippen LogP contribution in [0.4, 0.5) is 0 Å². The number of rotatable bonds is 8. The molecule has 0 N–H and O–H groups in total. The van der Waals surface area contributed by atoms with Gasteiger partial charge in [-0.15, -0.1) is 0 Å². The van der Waals surface area contributed by atoms with Gasteiger partial charge in [-0.05, 0) is 105 Å². The van der Waals surface area contributed by atoms with Gasteiger partial charge in [0.25, 0.3) is 0 Å². The van der Waals surface area contributed by atoms with Crippen LogP contribution in [0.3, 0.4) is 0 Å². The summed E-state index contributed by atoms with van der Waals surface area (Å²) < 4.78 is 0. The molecule has 12 aromatic rings. The molecule has 1 aliphatic carbocycles. The van der Waals surface area contributed by atoms with Crippen molar-refractivity contribution in [3.63, 3.8) is 0 Å². The van der Waals surface area contributed by atoms with E-state index in [0.717, 1.165) is 38.8 Å². The maximum absolute atomic E-state index is 5.21. The third-order valence-corrected chi connectivity index (χ3v) is 13.5. The summed E-state index contributed by atoms with van der Waals surface area (Å²) in [4.78, 5) is 15.4. The first-order chi connectivity index (χ1) is 33.7. The molecule has 13 rings (SSSR count).